The molecule has 0 aromatic heterocycles. The Bertz CT molecular complexity index is 913. The van der Waals surface area contributed by atoms with Crippen molar-refractivity contribution in [2.45, 2.75) is 51.0 Å². The van der Waals surface area contributed by atoms with Crippen molar-refractivity contribution in [3.05, 3.63) is 65.5 Å². The zero-order valence-corrected chi connectivity index (χ0v) is 18.0. The first-order chi connectivity index (χ1) is 15.4. The molecule has 2 aromatic rings. The van der Waals surface area contributed by atoms with Crippen molar-refractivity contribution in [2.75, 3.05) is 19.6 Å². The lowest BCUT2D eigenvalue weighted by molar-refractivity contribution is -0.0498. The molecular formula is C24H27F3N2O3. The summed E-state index contributed by atoms with van der Waals surface area (Å²) in [6.07, 6.45) is 1.63. The third kappa shape index (κ3) is 4.85. The SMILES string of the molecule is CCN1CCC2(CC1)OC(=O)N(Cc1ccc(OC(F)F)cc1)C2Cc1ccc(F)cc1. The zero-order valence-electron chi connectivity index (χ0n) is 18.0. The van der Waals surface area contributed by atoms with E-state index in [1.807, 2.05) is 0 Å². The van der Waals surface area contributed by atoms with Gasteiger partial charge in [-0.15, -0.1) is 0 Å². The topological polar surface area (TPSA) is 42.0 Å². The van der Waals surface area contributed by atoms with Gasteiger partial charge in [0.25, 0.3) is 0 Å². The van der Waals surface area contributed by atoms with Crippen molar-refractivity contribution >= 4 is 6.09 Å². The number of hydrogen-bond donors (Lipinski definition) is 0. The number of likely N-dealkylation sites (tertiary alicyclic amines) is 1. The number of carbonyl (C=O) groups excluding carboxylic acids is 1. The highest BCUT2D eigenvalue weighted by Gasteiger charge is 2.54. The molecule has 1 atom stereocenters. The molecule has 2 aliphatic heterocycles. The number of nitrogens with zero attached hydrogens (tertiary/aromatic N) is 2. The van der Waals surface area contributed by atoms with Gasteiger partial charge in [-0.25, -0.2) is 9.18 Å². The second-order valence-corrected chi connectivity index (χ2v) is 8.36. The van der Waals surface area contributed by atoms with Gasteiger partial charge in [0.1, 0.15) is 17.2 Å². The molecule has 8 heteroatoms. The van der Waals surface area contributed by atoms with Crippen LogP contribution >= 0.6 is 0 Å². The number of hydrogen-bond acceptors (Lipinski definition) is 4. The molecule has 2 saturated heterocycles. The van der Waals surface area contributed by atoms with E-state index in [1.165, 1.54) is 24.3 Å². The van der Waals surface area contributed by atoms with E-state index in [4.69, 9.17) is 4.74 Å². The minimum atomic E-state index is -2.89. The van der Waals surface area contributed by atoms with Gasteiger partial charge >= 0.3 is 12.7 Å². The van der Waals surface area contributed by atoms with E-state index >= 15 is 0 Å². The molecule has 0 aliphatic carbocycles. The molecule has 2 fully saturated rings. The summed E-state index contributed by atoms with van der Waals surface area (Å²) >= 11 is 0. The van der Waals surface area contributed by atoms with E-state index in [9.17, 15) is 18.0 Å². The maximum Gasteiger partial charge on any atom is 0.411 e. The second-order valence-electron chi connectivity index (χ2n) is 8.36. The average Bonchev–Trinajstić information content (AvgIpc) is 3.01. The fourth-order valence-electron chi connectivity index (χ4n) is 4.68. The van der Waals surface area contributed by atoms with Gasteiger partial charge in [0.2, 0.25) is 0 Å². The van der Waals surface area contributed by atoms with Crippen molar-refractivity contribution in [2.24, 2.45) is 0 Å². The number of halogens is 3. The summed E-state index contributed by atoms with van der Waals surface area (Å²) in [6, 6.07) is 12.4. The van der Waals surface area contributed by atoms with Gasteiger partial charge in [0, 0.05) is 32.5 Å². The van der Waals surface area contributed by atoms with Gasteiger partial charge in [0.15, 0.2) is 0 Å². The van der Waals surface area contributed by atoms with Crippen molar-refractivity contribution in [1.29, 1.82) is 0 Å². The highest BCUT2D eigenvalue weighted by Crippen LogP contribution is 2.41. The van der Waals surface area contributed by atoms with E-state index in [0.717, 1.165) is 43.6 Å². The molecule has 1 unspecified atom stereocenters. The first kappa shape index (κ1) is 22.5. The molecule has 5 nitrogen and oxygen atoms in total. The summed E-state index contributed by atoms with van der Waals surface area (Å²) in [5.41, 5.74) is 1.11. The molecule has 0 bridgehead atoms. The summed E-state index contributed by atoms with van der Waals surface area (Å²) < 4.78 is 48.7. The fourth-order valence-corrected chi connectivity index (χ4v) is 4.68. The molecule has 0 N–H and O–H groups in total. The van der Waals surface area contributed by atoms with Crippen LogP contribution in [0.4, 0.5) is 18.0 Å². The predicted octanol–water partition coefficient (Wildman–Crippen LogP) is 4.85. The van der Waals surface area contributed by atoms with E-state index in [2.05, 4.69) is 16.6 Å². The van der Waals surface area contributed by atoms with Crippen LogP contribution in [0.1, 0.15) is 30.9 Å². The van der Waals surface area contributed by atoms with E-state index in [0.29, 0.717) is 13.0 Å². The second kappa shape index (κ2) is 9.40. The summed E-state index contributed by atoms with van der Waals surface area (Å²) in [4.78, 5) is 17.0. The first-order valence-corrected chi connectivity index (χ1v) is 10.9. The lowest BCUT2D eigenvalue weighted by Crippen LogP contribution is -2.53. The quantitative estimate of drug-likeness (QED) is 0.608. The molecule has 2 heterocycles. The summed E-state index contributed by atoms with van der Waals surface area (Å²) in [5.74, 6) is -0.236. The monoisotopic (exact) mass is 448 g/mol. The summed E-state index contributed by atoms with van der Waals surface area (Å²) in [7, 11) is 0. The van der Waals surface area contributed by atoms with Gasteiger partial charge in [-0.3, -0.25) is 4.90 Å². The number of piperidine rings is 1. The Balaban J connectivity index is 1.57. The Kier molecular flexibility index (Phi) is 6.60. The Morgan fingerprint density at radius 1 is 1.06 bits per heavy atom. The van der Waals surface area contributed by atoms with Gasteiger partial charge in [-0.05, 0) is 48.4 Å². The Hall–Kier alpha value is -2.74. The minimum Gasteiger partial charge on any atom is -0.440 e. The van der Waals surface area contributed by atoms with Crippen LogP contribution in [0, 0.1) is 5.82 Å². The third-order valence-corrected chi connectivity index (χ3v) is 6.50. The van der Waals surface area contributed by atoms with Gasteiger partial charge in [-0.2, -0.15) is 8.78 Å². The molecule has 2 aliphatic rings. The normalized spacial score (nSPS) is 20.7. The lowest BCUT2D eigenvalue weighted by atomic mass is 9.81. The maximum absolute atomic E-state index is 13.4. The molecule has 0 saturated carbocycles. The third-order valence-electron chi connectivity index (χ3n) is 6.50. The summed E-state index contributed by atoms with van der Waals surface area (Å²) in [6.45, 7) is 2.15. The van der Waals surface area contributed by atoms with E-state index in [1.54, 1.807) is 29.2 Å². The number of benzene rings is 2. The molecule has 1 spiro atoms. The molecule has 32 heavy (non-hydrogen) atoms. The van der Waals surface area contributed by atoms with Crippen molar-refractivity contribution in [3.63, 3.8) is 0 Å². The summed E-state index contributed by atoms with van der Waals surface area (Å²) in [5, 5.41) is 0. The highest BCUT2D eigenvalue weighted by atomic mass is 19.3. The number of carbonyl (C=O) groups is 1. The van der Waals surface area contributed by atoms with Crippen molar-refractivity contribution in [3.8, 4) is 5.75 Å². The number of alkyl halides is 2. The standard InChI is InChI=1S/C24H27F3N2O3/c1-2-28-13-11-24(12-14-28)21(15-17-3-7-19(25)8-4-17)29(23(30)32-24)16-18-5-9-20(10-6-18)31-22(26)27/h3-10,21-22H,2,11-16H2,1H3. The largest absolute Gasteiger partial charge is 0.440 e. The minimum absolute atomic E-state index is 0.0685. The Morgan fingerprint density at radius 3 is 2.28 bits per heavy atom. The maximum atomic E-state index is 13.4. The number of amides is 1. The van der Waals surface area contributed by atoms with Crippen LogP contribution in [-0.2, 0) is 17.7 Å². The average molecular weight is 448 g/mol. The van der Waals surface area contributed by atoms with Gasteiger partial charge in [0.05, 0.1) is 6.04 Å². The zero-order chi connectivity index (χ0) is 22.7. The van der Waals surface area contributed by atoms with Crippen LogP contribution in [0.25, 0.3) is 0 Å². The predicted molar refractivity (Wildman–Crippen MR) is 113 cm³/mol. The van der Waals surface area contributed by atoms with Gasteiger partial charge in [-0.1, -0.05) is 31.2 Å². The van der Waals surface area contributed by atoms with Crippen LogP contribution in [0.3, 0.4) is 0 Å². The van der Waals surface area contributed by atoms with Crippen LogP contribution < -0.4 is 4.74 Å². The van der Waals surface area contributed by atoms with Crippen molar-refractivity contribution in [1.82, 2.24) is 9.80 Å². The van der Waals surface area contributed by atoms with Crippen molar-refractivity contribution < 1.29 is 27.4 Å². The van der Waals surface area contributed by atoms with Crippen LogP contribution in [0.2, 0.25) is 0 Å². The van der Waals surface area contributed by atoms with Gasteiger partial charge < -0.3 is 14.4 Å². The number of ether oxygens (including phenoxy) is 2. The molecule has 4 rings (SSSR count). The lowest BCUT2D eigenvalue weighted by Gasteiger charge is -2.41. The fraction of sp³-hybridized carbons (Fsp3) is 0.458. The molecular weight excluding hydrogens is 421 g/mol. The molecule has 0 radical (unpaired) electrons. The Morgan fingerprint density at radius 2 is 1.69 bits per heavy atom. The smallest absolute Gasteiger partial charge is 0.411 e. The van der Waals surface area contributed by atoms with E-state index < -0.39 is 12.2 Å². The first-order valence-electron chi connectivity index (χ1n) is 10.9. The molecule has 1 amide bonds. The Labute approximate surface area is 185 Å². The molecule has 2 aromatic carbocycles. The van der Waals surface area contributed by atoms with E-state index in [-0.39, 0.29) is 23.7 Å². The highest BCUT2D eigenvalue weighted by molar-refractivity contribution is 5.72. The number of rotatable bonds is 7. The molecule has 172 valence electrons. The van der Waals surface area contributed by atoms with Crippen LogP contribution in [0.5, 0.6) is 5.75 Å². The van der Waals surface area contributed by atoms with Crippen LogP contribution in [0.15, 0.2) is 48.5 Å². The van der Waals surface area contributed by atoms with Crippen LogP contribution in [-0.4, -0.2) is 53.8 Å².